The lowest BCUT2D eigenvalue weighted by Crippen LogP contribution is -2.22. The molecule has 0 radical (unpaired) electrons. The zero-order valence-corrected chi connectivity index (χ0v) is 12.3. The molecule has 20 heavy (non-hydrogen) atoms. The first-order chi connectivity index (χ1) is 9.65. The van der Waals surface area contributed by atoms with Crippen LogP contribution in [0.1, 0.15) is 43.6 Å². The minimum Gasteiger partial charge on any atom is -0.493 e. The van der Waals surface area contributed by atoms with Crippen molar-refractivity contribution in [2.75, 3.05) is 11.9 Å². The van der Waals surface area contributed by atoms with Crippen LogP contribution in [0, 0.1) is 6.92 Å². The number of imidazole rings is 1. The summed E-state index contributed by atoms with van der Waals surface area (Å²) in [5.74, 6) is 1.93. The monoisotopic (exact) mass is 271 g/mol. The van der Waals surface area contributed by atoms with Gasteiger partial charge in [0.15, 0.2) is 0 Å². The Kier molecular flexibility index (Phi) is 3.38. The summed E-state index contributed by atoms with van der Waals surface area (Å²) in [7, 11) is 0. The normalized spacial score (nSPS) is 17.7. The Balaban J connectivity index is 1.89. The minimum atomic E-state index is 0.263. The molecule has 1 atom stereocenters. The van der Waals surface area contributed by atoms with E-state index in [-0.39, 0.29) is 6.04 Å². The van der Waals surface area contributed by atoms with Crippen LogP contribution in [0.3, 0.4) is 0 Å². The van der Waals surface area contributed by atoms with E-state index in [1.807, 2.05) is 19.1 Å². The number of anilines is 1. The highest BCUT2D eigenvalue weighted by Crippen LogP contribution is 2.34. The molecule has 4 heteroatoms. The molecule has 0 amide bonds. The summed E-state index contributed by atoms with van der Waals surface area (Å²) in [5, 5.41) is 3.58. The molecule has 2 heterocycles. The molecule has 1 aromatic heterocycles. The van der Waals surface area contributed by atoms with E-state index in [0.29, 0.717) is 6.04 Å². The highest BCUT2D eigenvalue weighted by Gasteiger charge is 2.22. The molecular weight excluding hydrogens is 250 g/mol. The van der Waals surface area contributed by atoms with Gasteiger partial charge in [-0.1, -0.05) is 18.2 Å². The third-order valence-corrected chi connectivity index (χ3v) is 3.67. The zero-order valence-electron chi connectivity index (χ0n) is 12.3. The molecule has 1 aromatic carbocycles. The smallest absolute Gasteiger partial charge is 0.203 e. The van der Waals surface area contributed by atoms with Crippen LogP contribution in [-0.2, 0) is 0 Å². The predicted octanol–water partition coefficient (Wildman–Crippen LogP) is 3.71. The summed E-state index contributed by atoms with van der Waals surface area (Å²) in [4.78, 5) is 4.61. The molecule has 0 saturated carbocycles. The highest BCUT2D eigenvalue weighted by atomic mass is 16.5. The Morgan fingerprint density at radius 3 is 2.95 bits per heavy atom. The van der Waals surface area contributed by atoms with Crippen molar-refractivity contribution < 1.29 is 4.74 Å². The van der Waals surface area contributed by atoms with Crippen LogP contribution in [0.15, 0.2) is 30.5 Å². The molecule has 0 bridgehead atoms. The van der Waals surface area contributed by atoms with Gasteiger partial charge < -0.3 is 14.6 Å². The number of ether oxygens (including phenoxy) is 1. The van der Waals surface area contributed by atoms with Gasteiger partial charge in [0.25, 0.3) is 0 Å². The van der Waals surface area contributed by atoms with Crippen LogP contribution >= 0.6 is 0 Å². The molecule has 1 unspecified atom stereocenters. The molecule has 4 nitrogen and oxygen atoms in total. The van der Waals surface area contributed by atoms with Crippen molar-refractivity contribution >= 4 is 5.95 Å². The summed E-state index contributed by atoms with van der Waals surface area (Å²) in [6.07, 6.45) is 3.05. The van der Waals surface area contributed by atoms with E-state index in [4.69, 9.17) is 4.74 Å². The van der Waals surface area contributed by atoms with Crippen LogP contribution in [0.4, 0.5) is 5.95 Å². The number of nitrogens with zero attached hydrogens (tertiary/aromatic N) is 2. The summed E-state index contributed by atoms with van der Waals surface area (Å²) < 4.78 is 7.89. The molecule has 1 aliphatic heterocycles. The number of hydrogen-bond donors (Lipinski definition) is 1. The maximum absolute atomic E-state index is 5.71. The van der Waals surface area contributed by atoms with Crippen molar-refractivity contribution in [2.24, 2.45) is 0 Å². The van der Waals surface area contributed by atoms with Crippen LogP contribution in [0.5, 0.6) is 5.75 Å². The first-order valence-electron chi connectivity index (χ1n) is 7.19. The number of hydrogen-bond acceptors (Lipinski definition) is 3. The van der Waals surface area contributed by atoms with E-state index in [1.54, 1.807) is 0 Å². The maximum Gasteiger partial charge on any atom is 0.203 e. The van der Waals surface area contributed by atoms with Crippen LogP contribution < -0.4 is 10.1 Å². The number of rotatable bonds is 3. The second-order valence-corrected chi connectivity index (χ2v) is 5.58. The average molecular weight is 271 g/mol. The summed E-state index contributed by atoms with van der Waals surface area (Å²) in [6, 6.07) is 8.89. The highest BCUT2D eigenvalue weighted by molar-refractivity contribution is 5.43. The van der Waals surface area contributed by atoms with Crippen LogP contribution in [-0.4, -0.2) is 16.2 Å². The fourth-order valence-corrected chi connectivity index (χ4v) is 2.66. The van der Waals surface area contributed by atoms with Gasteiger partial charge in [-0.25, -0.2) is 4.98 Å². The fraction of sp³-hybridized carbons (Fsp3) is 0.438. The Morgan fingerprint density at radius 1 is 1.35 bits per heavy atom. The number of aromatic nitrogens is 2. The number of para-hydroxylation sites is 1. The van der Waals surface area contributed by atoms with Gasteiger partial charge in [-0.3, -0.25) is 0 Å². The van der Waals surface area contributed by atoms with Crippen molar-refractivity contribution in [1.82, 2.24) is 9.55 Å². The molecule has 3 rings (SSSR count). The van der Waals surface area contributed by atoms with Gasteiger partial charge in [0, 0.05) is 24.2 Å². The van der Waals surface area contributed by atoms with Crippen molar-refractivity contribution in [3.05, 3.63) is 41.7 Å². The second-order valence-electron chi connectivity index (χ2n) is 5.58. The predicted molar refractivity (Wildman–Crippen MR) is 80.3 cm³/mol. The number of nitrogens with one attached hydrogen (secondary N) is 1. The number of benzene rings is 1. The van der Waals surface area contributed by atoms with E-state index in [0.717, 1.165) is 30.4 Å². The Labute approximate surface area is 119 Å². The first-order valence-corrected chi connectivity index (χ1v) is 7.19. The van der Waals surface area contributed by atoms with Gasteiger partial charge in [0.1, 0.15) is 5.75 Å². The van der Waals surface area contributed by atoms with Gasteiger partial charge >= 0.3 is 0 Å². The first kappa shape index (κ1) is 13.0. The van der Waals surface area contributed by atoms with E-state index >= 15 is 0 Å². The molecule has 0 aliphatic carbocycles. The van der Waals surface area contributed by atoms with Crippen molar-refractivity contribution in [3.8, 4) is 5.75 Å². The van der Waals surface area contributed by atoms with Crippen LogP contribution in [0.2, 0.25) is 0 Å². The van der Waals surface area contributed by atoms with Crippen molar-refractivity contribution in [3.63, 3.8) is 0 Å². The van der Waals surface area contributed by atoms with Crippen molar-refractivity contribution in [2.45, 2.75) is 39.3 Å². The van der Waals surface area contributed by atoms with Gasteiger partial charge in [-0.2, -0.15) is 0 Å². The Morgan fingerprint density at radius 2 is 2.15 bits per heavy atom. The average Bonchev–Trinajstić information content (AvgIpc) is 2.80. The lowest BCUT2D eigenvalue weighted by Gasteiger charge is -2.27. The second kappa shape index (κ2) is 5.19. The van der Waals surface area contributed by atoms with Gasteiger partial charge in [-0.15, -0.1) is 0 Å². The third-order valence-electron chi connectivity index (χ3n) is 3.67. The number of aryl methyl sites for hydroxylation is 1. The molecular formula is C16H21N3O. The largest absolute Gasteiger partial charge is 0.493 e. The quantitative estimate of drug-likeness (QED) is 0.925. The standard InChI is InChI=1S/C16H21N3O/c1-11(2)19-10-12(3)17-16(19)18-14-8-9-20-15-7-5-4-6-13(14)15/h4-7,10-11,14H,8-9H2,1-3H3,(H,17,18). The summed E-state index contributed by atoms with van der Waals surface area (Å²) >= 11 is 0. The Hall–Kier alpha value is -1.97. The molecule has 106 valence electrons. The van der Waals surface area contributed by atoms with Crippen LogP contribution in [0.25, 0.3) is 0 Å². The lowest BCUT2D eigenvalue weighted by atomic mass is 10.0. The van der Waals surface area contributed by atoms with E-state index in [9.17, 15) is 0 Å². The third kappa shape index (κ3) is 2.38. The molecule has 0 saturated heterocycles. The van der Waals surface area contributed by atoms with Gasteiger partial charge in [-0.05, 0) is 26.8 Å². The molecule has 1 aliphatic rings. The Bertz CT molecular complexity index is 604. The summed E-state index contributed by atoms with van der Waals surface area (Å²) in [5.41, 5.74) is 2.26. The van der Waals surface area contributed by atoms with E-state index in [2.05, 4.69) is 47.0 Å². The molecule has 0 spiro atoms. The lowest BCUT2D eigenvalue weighted by molar-refractivity contribution is 0.274. The maximum atomic E-state index is 5.71. The van der Waals surface area contributed by atoms with E-state index in [1.165, 1.54) is 5.56 Å². The zero-order chi connectivity index (χ0) is 14.1. The minimum absolute atomic E-state index is 0.263. The molecule has 1 N–H and O–H groups in total. The SMILES string of the molecule is Cc1cn(C(C)C)c(NC2CCOc3ccccc32)n1. The molecule has 2 aromatic rings. The van der Waals surface area contributed by atoms with Crippen molar-refractivity contribution in [1.29, 1.82) is 0 Å². The number of fused-ring (bicyclic) bond motifs is 1. The summed E-state index contributed by atoms with van der Waals surface area (Å²) in [6.45, 7) is 7.12. The van der Waals surface area contributed by atoms with Gasteiger partial charge in [0.2, 0.25) is 5.95 Å². The molecule has 0 fully saturated rings. The topological polar surface area (TPSA) is 39.1 Å². The van der Waals surface area contributed by atoms with Gasteiger partial charge in [0.05, 0.1) is 18.3 Å². The fourth-order valence-electron chi connectivity index (χ4n) is 2.66. The van der Waals surface area contributed by atoms with E-state index < -0.39 is 0 Å².